The van der Waals surface area contributed by atoms with E-state index in [1.54, 1.807) is 0 Å². The molecular weight excluding hydrogens is 249 g/mol. The smallest absolute Gasteiger partial charge is 0.433 e. The third-order valence-corrected chi connectivity index (χ3v) is 2.73. The molecule has 0 aliphatic heterocycles. The number of hydrogen-bond donors (Lipinski definition) is 2. The third kappa shape index (κ3) is 2.03. The molecule has 1 aromatic carbocycles. The van der Waals surface area contributed by atoms with Gasteiger partial charge in [-0.2, -0.15) is 18.3 Å². The van der Waals surface area contributed by atoms with Gasteiger partial charge in [-0.1, -0.05) is 6.07 Å². The average Bonchev–Trinajstić information content (AvgIpc) is 2.69. The van der Waals surface area contributed by atoms with Gasteiger partial charge in [-0.15, -0.1) is 0 Å². The summed E-state index contributed by atoms with van der Waals surface area (Å²) >= 11 is 0. The van der Waals surface area contributed by atoms with E-state index in [0.717, 1.165) is 0 Å². The summed E-state index contributed by atoms with van der Waals surface area (Å²) in [4.78, 5) is 10.8. The quantitative estimate of drug-likeness (QED) is 0.870. The molecule has 4 nitrogen and oxygen atoms in total. The summed E-state index contributed by atoms with van der Waals surface area (Å²) in [5, 5.41) is 14.2. The fraction of sp³-hybridized carbons (Fsp3) is 0.273. The SMILES string of the molecule is CC(C(=O)O)c1ccc2n[nH]c(C(F)(F)F)c2c1. The number of fused-ring (bicyclic) bond motifs is 1. The highest BCUT2D eigenvalue weighted by Crippen LogP contribution is 2.34. The lowest BCUT2D eigenvalue weighted by molar-refractivity contribution is -0.140. The highest BCUT2D eigenvalue weighted by Gasteiger charge is 2.35. The molecule has 2 aromatic rings. The first-order chi connectivity index (χ1) is 8.30. The second-order valence-electron chi connectivity index (χ2n) is 3.93. The number of carboxylic acid groups (broad SMARTS) is 1. The zero-order chi connectivity index (χ0) is 13.5. The van der Waals surface area contributed by atoms with Gasteiger partial charge in [0.05, 0.1) is 11.4 Å². The fourth-order valence-corrected chi connectivity index (χ4v) is 1.66. The standard InChI is InChI=1S/C11H9F3N2O2/c1-5(10(17)18)6-2-3-8-7(4-6)9(16-15-8)11(12,13)14/h2-5H,1H3,(H,15,16)(H,17,18). The van der Waals surface area contributed by atoms with Crippen LogP contribution in [-0.2, 0) is 11.0 Å². The number of alkyl halides is 3. The molecule has 0 radical (unpaired) electrons. The van der Waals surface area contributed by atoms with E-state index in [1.165, 1.54) is 25.1 Å². The Morgan fingerprint density at radius 3 is 2.67 bits per heavy atom. The second kappa shape index (κ2) is 4.01. The molecule has 0 aliphatic rings. The normalized spacial score (nSPS) is 13.8. The van der Waals surface area contributed by atoms with E-state index in [9.17, 15) is 18.0 Å². The molecule has 0 bridgehead atoms. The summed E-state index contributed by atoms with van der Waals surface area (Å²) in [6.07, 6.45) is -4.54. The Morgan fingerprint density at radius 2 is 2.11 bits per heavy atom. The molecule has 18 heavy (non-hydrogen) atoms. The molecule has 1 heterocycles. The topological polar surface area (TPSA) is 66.0 Å². The van der Waals surface area contributed by atoms with E-state index < -0.39 is 23.8 Å². The highest BCUT2D eigenvalue weighted by atomic mass is 19.4. The minimum absolute atomic E-state index is 0.117. The van der Waals surface area contributed by atoms with Crippen molar-refractivity contribution in [3.63, 3.8) is 0 Å². The van der Waals surface area contributed by atoms with Crippen molar-refractivity contribution in [1.82, 2.24) is 10.2 Å². The van der Waals surface area contributed by atoms with Crippen molar-refractivity contribution in [2.24, 2.45) is 0 Å². The predicted octanol–water partition coefficient (Wildman–Crippen LogP) is 2.77. The van der Waals surface area contributed by atoms with E-state index in [-0.39, 0.29) is 10.9 Å². The Hall–Kier alpha value is -2.05. The maximum Gasteiger partial charge on any atom is 0.433 e. The van der Waals surface area contributed by atoms with Gasteiger partial charge in [0.25, 0.3) is 0 Å². The molecule has 0 fully saturated rings. The Balaban J connectivity index is 2.59. The van der Waals surface area contributed by atoms with Gasteiger partial charge >= 0.3 is 12.1 Å². The number of aromatic amines is 1. The van der Waals surface area contributed by atoms with Crippen LogP contribution in [0, 0.1) is 0 Å². The minimum Gasteiger partial charge on any atom is -0.481 e. The van der Waals surface area contributed by atoms with Gasteiger partial charge in [0.1, 0.15) is 5.69 Å². The molecule has 1 aromatic heterocycles. The summed E-state index contributed by atoms with van der Waals surface area (Å²) in [6.45, 7) is 1.41. The van der Waals surface area contributed by atoms with Gasteiger partial charge < -0.3 is 5.11 Å². The van der Waals surface area contributed by atoms with Crippen molar-refractivity contribution in [2.75, 3.05) is 0 Å². The number of hydrogen-bond acceptors (Lipinski definition) is 2. The number of aliphatic carboxylic acids is 1. The molecular formula is C11H9F3N2O2. The van der Waals surface area contributed by atoms with Crippen LogP contribution in [0.3, 0.4) is 0 Å². The van der Waals surface area contributed by atoms with Crippen LogP contribution in [0.25, 0.3) is 10.9 Å². The first-order valence-corrected chi connectivity index (χ1v) is 5.08. The van der Waals surface area contributed by atoms with Crippen molar-refractivity contribution in [2.45, 2.75) is 19.0 Å². The van der Waals surface area contributed by atoms with Gasteiger partial charge in [0.15, 0.2) is 0 Å². The molecule has 96 valence electrons. The lowest BCUT2D eigenvalue weighted by Crippen LogP contribution is -2.08. The van der Waals surface area contributed by atoms with Gasteiger partial charge in [-0.05, 0) is 24.6 Å². The molecule has 0 spiro atoms. The number of benzene rings is 1. The van der Waals surface area contributed by atoms with Crippen LogP contribution >= 0.6 is 0 Å². The molecule has 0 saturated heterocycles. The summed E-state index contributed by atoms with van der Waals surface area (Å²) in [7, 11) is 0. The molecule has 1 atom stereocenters. The average molecular weight is 258 g/mol. The van der Waals surface area contributed by atoms with E-state index in [1.807, 2.05) is 5.10 Å². The summed E-state index contributed by atoms with van der Waals surface area (Å²) in [5.74, 6) is -1.96. The van der Waals surface area contributed by atoms with Crippen molar-refractivity contribution < 1.29 is 23.1 Å². The maximum atomic E-state index is 12.7. The van der Waals surface area contributed by atoms with Crippen LogP contribution in [0.2, 0.25) is 0 Å². The molecule has 0 amide bonds. The lowest BCUT2D eigenvalue weighted by Gasteiger charge is -2.07. The van der Waals surface area contributed by atoms with Crippen LogP contribution in [0.15, 0.2) is 18.2 Å². The summed E-state index contributed by atoms with van der Waals surface area (Å²) in [6, 6.07) is 4.04. The molecule has 2 rings (SSSR count). The first kappa shape index (κ1) is 12.4. The van der Waals surface area contributed by atoms with Crippen molar-refractivity contribution in [3.8, 4) is 0 Å². The lowest BCUT2D eigenvalue weighted by atomic mass is 9.99. The Kier molecular flexibility index (Phi) is 2.76. The second-order valence-corrected chi connectivity index (χ2v) is 3.93. The number of H-pyrrole nitrogens is 1. The highest BCUT2D eigenvalue weighted by molar-refractivity contribution is 5.85. The first-order valence-electron chi connectivity index (χ1n) is 5.08. The maximum absolute atomic E-state index is 12.7. The van der Waals surface area contributed by atoms with Crippen molar-refractivity contribution in [1.29, 1.82) is 0 Å². The number of aromatic nitrogens is 2. The predicted molar refractivity (Wildman–Crippen MR) is 57.1 cm³/mol. The minimum atomic E-state index is -4.54. The van der Waals surface area contributed by atoms with E-state index in [0.29, 0.717) is 5.56 Å². The van der Waals surface area contributed by atoms with Gasteiger partial charge in [0, 0.05) is 5.39 Å². The van der Waals surface area contributed by atoms with Crippen LogP contribution in [0.5, 0.6) is 0 Å². The molecule has 0 saturated carbocycles. The summed E-state index contributed by atoms with van der Waals surface area (Å²) in [5.41, 5.74) is -0.498. The number of nitrogens with one attached hydrogen (secondary N) is 1. The van der Waals surface area contributed by atoms with Crippen LogP contribution < -0.4 is 0 Å². The van der Waals surface area contributed by atoms with E-state index in [4.69, 9.17) is 5.11 Å². The number of rotatable bonds is 2. The molecule has 1 unspecified atom stereocenters. The van der Waals surface area contributed by atoms with Gasteiger partial charge in [-0.25, -0.2) is 0 Å². The molecule has 7 heteroatoms. The van der Waals surface area contributed by atoms with Gasteiger partial charge in [0.2, 0.25) is 0 Å². The number of carboxylic acids is 1. The van der Waals surface area contributed by atoms with Gasteiger partial charge in [-0.3, -0.25) is 9.89 Å². The Morgan fingerprint density at radius 1 is 1.44 bits per heavy atom. The fourth-order valence-electron chi connectivity index (χ4n) is 1.66. The van der Waals surface area contributed by atoms with Crippen LogP contribution in [0.1, 0.15) is 24.1 Å². The largest absolute Gasteiger partial charge is 0.481 e. The number of halogens is 3. The van der Waals surface area contributed by atoms with E-state index >= 15 is 0 Å². The van der Waals surface area contributed by atoms with Crippen molar-refractivity contribution in [3.05, 3.63) is 29.5 Å². The zero-order valence-electron chi connectivity index (χ0n) is 9.25. The number of carbonyl (C=O) groups is 1. The Labute approximate surface area is 99.4 Å². The monoisotopic (exact) mass is 258 g/mol. The molecule has 2 N–H and O–H groups in total. The number of nitrogens with zero attached hydrogens (tertiary/aromatic N) is 1. The van der Waals surface area contributed by atoms with Crippen LogP contribution in [-0.4, -0.2) is 21.3 Å². The van der Waals surface area contributed by atoms with E-state index in [2.05, 4.69) is 5.10 Å². The summed E-state index contributed by atoms with van der Waals surface area (Å²) < 4.78 is 38.0. The van der Waals surface area contributed by atoms with Crippen LogP contribution in [0.4, 0.5) is 13.2 Å². The Bertz CT molecular complexity index is 604. The zero-order valence-corrected chi connectivity index (χ0v) is 9.25. The van der Waals surface area contributed by atoms with Crippen molar-refractivity contribution >= 4 is 16.9 Å². The molecule has 0 aliphatic carbocycles. The third-order valence-electron chi connectivity index (χ3n) is 2.73.